The van der Waals surface area contributed by atoms with Crippen LogP contribution in [0.15, 0.2) is 36.7 Å². The van der Waals surface area contributed by atoms with Crippen LogP contribution in [0.4, 0.5) is 4.39 Å². The molecule has 130 valence electrons. The summed E-state index contributed by atoms with van der Waals surface area (Å²) in [6.45, 7) is 9.85. The van der Waals surface area contributed by atoms with Crippen LogP contribution in [0.2, 0.25) is 0 Å². The SMILES string of the molecule is CCN(CCN1CCOCC1)Cc1cnn(-c2cccc(F)c2)c1. The summed E-state index contributed by atoms with van der Waals surface area (Å²) in [5, 5.41) is 4.36. The van der Waals surface area contributed by atoms with Crippen LogP contribution in [-0.4, -0.2) is 65.5 Å². The molecule has 0 saturated carbocycles. The fourth-order valence-corrected chi connectivity index (χ4v) is 2.92. The third kappa shape index (κ3) is 4.63. The average Bonchev–Trinajstić information content (AvgIpc) is 3.08. The van der Waals surface area contributed by atoms with E-state index >= 15 is 0 Å². The van der Waals surface area contributed by atoms with E-state index in [0.717, 1.165) is 63.7 Å². The molecule has 24 heavy (non-hydrogen) atoms. The molecular formula is C18H25FN4O. The van der Waals surface area contributed by atoms with E-state index in [9.17, 15) is 4.39 Å². The molecule has 1 aliphatic heterocycles. The Balaban J connectivity index is 1.56. The Hall–Kier alpha value is -1.76. The summed E-state index contributed by atoms with van der Waals surface area (Å²) < 4.78 is 20.5. The molecule has 0 radical (unpaired) electrons. The van der Waals surface area contributed by atoms with Crippen molar-refractivity contribution < 1.29 is 9.13 Å². The molecule has 0 atom stereocenters. The standard InChI is InChI=1S/C18H25FN4O/c1-2-21(6-7-22-8-10-24-11-9-22)14-16-13-20-23(15-16)18-5-3-4-17(19)12-18/h3-5,12-13,15H,2,6-11,14H2,1H3. The average molecular weight is 332 g/mol. The van der Waals surface area contributed by atoms with E-state index in [4.69, 9.17) is 4.74 Å². The van der Waals surface area contributed by atoms with Gasteiger partial charge in [0.2, 0.25) is 0 Å². The Bertz CT molecular complexity index is 639. The zero-order valence-electron chi connectivity index (χ0n) is 14.2. The van der Waals surface area contributed by atoms with Crippen molar-refractivity contribution in [2.45, 2.75) is 13.5 Å². The number of halogens is 1. The molecular weight excluding hydrogens is 307 g/mol. The van der Waals surface area contributed by atoms with Gasteiger partial charge in [0, 0.05) is 44.5 Å². The molecule has 5 nitrogen and oxygen atoms in total. The van der Waals surface area contributed by atoms with Crippen LogP contribution in [0.5, 0.6) is 0 Å². The highest BCUT2D eigenvalue weighted by molar-refractivity contribution is 5.31. The summed E-state index contributed by atoms with van der Waals surface area (Å²) in [4.78, 5) is 4.85. The van der Waals surface area contributed by atoms with Gasteiger partial charge < -0.3 is 4.74 Å². The van der Waals surface area contributed by atoms with Crippen LogP contribution in [-0.2, 0) is 11.3 Å². The molecule has 0 bridgehead atoms. The fraction of sp³-hybridized carbons (Fsp3) is 0.500. The number of rotatable bonds is 7. The lowest BCUT2D eigenvalue weighted by Gasteiger charge is -2.29. The van der Waals surface area contributed by atoms with E-state index in [-0.39, 0.29) is 5.82 Å². The van der Waals surface area contributed by atoms with Crippen LogP contribution < -0.4 is 0 Å². The van der Waals surface area contributed by atoms with E-state index < -0.39 is 0 Å². The van der Waals surface area contributed by atoms with Crippen molar-refractivity contribution in [2.75, 3.05) is 45.9 Å². The Morgan fingerprint density at radius 3 is 2.88 bits per heavy atom. The largest absolute Gasteiger partial charge is 0.379 e. The maximum absolute atomic E-state index is 13.3. The summed E-state index contributed by atoms with van der Waals surface area (Å²) in [5.74, 6) is -0.245. The van der Waals surface area contributed by atoms with Gasteiger partial charge in [0.05, 0.1) is 25.1 Å². The zero-order chi connectivity index (χ0) is 16.8. The minimum absolute atomic E-state index is 0.245. The molecule has 1 aliphatic rings. The van der Waals surface area contributed by atoms with Gasteiger partial charge in [-0.15, -0.1) is 0 Å². The van der Waals surface area contributed by atoms with E-state index in [1.807, 2.05) is 18.5 Å². The first-order valence-corrected chi connectivity index (χ1v) is 8.56. The van der Waals surface area contributed by atoms with Gasteiger partial charge in [-0.1, -0.05) is 13.0 Å². The molecule has 1 aromatic heterocycles. The van der Waals surface area contributed by atoms with Gasteiger partial charge in [-0.25, -0.2) is 9.07 Å². The lowest BCUT2D eigenvalue weighted by atomic mass is 10.3. The highest BCUT2D eigenvalue weighted by Gasteiger charge is 2.12. The topological polar surface area (TPSA) is 33.5 Å². The van der Waals surface area contributed by atoms with Crippen LogP contribution in [0, 0.1) is 5.82 Å². The second-order valence-electron chi connectivity index (χ2n) is 6.10. The van der Waals surface area contributed by atoms with Gasteiger partial charge in [-0.3, -0.25) is 9.80 Å². The molecule has 1 aromatic carbocycles. The van der Waals surface area contributed by atoms with Crippen molar-refractivity contribution in [2.24, 2.45) is 0 Å². The minimum atomic E-state index is -0.245. The monoisotopic (exact) mass is 332 g/mol. The summed E-state index contributed by atoms with van der Waals surface area (Å²) in [6, 6.07) is 6.49. The number of hydrogen-bond acceptors (Lipinski definition) is 4. The molecule has 6 heteroatoms. The van der Waals surface area contributed by atoms with Crippen LogP contribution >= 0.6 is 0 Å². The number of nitrogens with zero attached hydrogens (tertiary/aromatic N) is 4. The Morgan fingerprint density at radius 1 is 1.29 bits per heavy atom. The predicted octanol–water partition coefficient (Wildman–Crippen LogP) is 2.17. The van der Waals surface area contributed by atoms with Gasteiger partial charge in [0.1, 0.15) is 5.82 Å². The first-order valence-electron chi connectivity index (χ1n) is 8.56. The minimum Gasteiger partial charge on any atom is -0.379 e. The smallest absolute Gasteiger partial charge is 0.125 e. The molecule has 0 N–H and O–H groups in total. The molecule has 0 unspecified atom stereocenters. The normalized spacial score (nSPS) is 16.0. The molecule has 3 rings (SSSR count). The van der Waals surface area contributed by atoms with Crippen molar-refractivity contribution in [3.05, 3.63) is 48.0 Å². The predicted molar refractivity (Wildman–Crippen MR) is 91.7 cm³/mol. The first-order chi connectivity index (χ1) is 11.7. The fourth-order valence-electron chi connectivity index (χ4n) is 2.92. The van der Waals surface area contributed by atoms with Crippen LogP contribution in [0.3, 0.4) is 0 Å². The highest BCUT2D eigenvalue weighted by atomic mass is 19.1. The molecule has 0 amide bonds. The second-order valence-corrected chi connectivity index (χ2v) is 6.10. The summed E-state index contributed by atoms with van der Waals surface area (Å²) >= 11 is 0. The van der Waals surface area contributed by atoms with Gasteiger partial charge >= 0.3 is 0 Å². The van der Waals surface area contributed by atoms with Crippen molar-refractivity contribution in [1.82, 2.24) is 19.6 Å². The van der Waals surface area contributed by atoms with Crippen molar-refractivity contribution in [3.8, 4) is 5.69 Å². The van der Waals surface area contributed by atoms with E-state index in [0.29, 0.717) is 0 Å². The number of morpholine rings is 1. The number of benzene rings is 1. The van der Waals surface area contributed by atoms with E-state index in [1.165, 1.54) is 12.1 Å². The second kappa shape index (κ2) is 8.37. The Labute approximate surface area is 142 Å². The highest BCUT2D eigenvalue weighted by Crippen LogP contribution is 2.11. The summed E-state index contributed by atoms with van der Waals surface area (Å²) in [5.41, 5.74) is 1.89. The Kier molecular flexibility index (Phi) is 5.96. The lowest BCUT2D eigenvalue weighted by Crippen LogP contribution is -2.41. The molecule has 2 heterocycles. The lowest BCUT2D eigenvalue weighted by molar-refractivity contribution is 0.0332. The van der Waals surface area contributed by atoms with Crippen molar-refractivity contribution in [1.29, 1.82) is 0 Å². The van der Waals surface area contributed by atoms with Gasteiger partial charge in [0.25, 0.3) is 0 Å². The molecule has 2 aromatic rings. The molecule has 0 spiro atoms. The number of hydrogen-bond donors (Lipinski definition) is 0. The molecule has 1 fully saturated rings. The van der Waals surface area contributed by atoms with Gasteiger partial charge in [-0.2, -0.15) is 5.10 Å². The molecule has 0 aliphatic carbocycles. The zero-order valence-corrected chi connectivity index (χ0v) is 14.2. The van der Waals surface area contributed by atoms with Gasteiger partial charge in [0.15, 0.2) is 0 Å². The van der Waals surface area contributed by atoms with Crippen LogP contribution in [0.25, 0.3) is 5.69 Å². The maximum atomic E-state index is 13.3. The number of aromatic nitrogens is 2. The third-order valence-corrected chi connectivity index (χ3v) is 4.40. The molecule has 1 saturated heterocycles. The van der Waals surface area contributed by atoms with E-state index in [2.05, 4.69) is 21.8 Å². The van der Waals surface area contributed by atoms with Gasteiger partial charge in [-0.05, 0) is 24.7 Å². The quantitative estimate of drug-likeness (QED) is 0.778. The maximum Gasteiger partial charge on any atom is 0.125 e. The number of likely N-dealkylation sites (N-methyl/N-ethyl adjacent to an activating group) is 1. The van der Waals surface area contributed by atoms with Crippen molar-refractivity contribution >= 4 is 0 Å². The first kappa shape index (κ1) is 17.1. The summed E-state index contributed by atoms with van der Waals surface area (Å²) in [6.07, 6.45) is 3.84. The van der Waals surface area contributed by atoms with Crippen LogP contribution in [0.1, 0.15) is 12.5 Å². The number of ether oxygens (including phenoxy) is 1. The summed E-state index contributed by atoms with van der Waals surface area (Å²) in [7, 11) is 0. The Morgan fingerprint density at radius 2 is 2.12 bits per heavy atom. The third-order valence-electron chi connectivity index (χ3n) is 4.40. The van der Waals surface area contributed by atoms with Crippen molar-refractivity contribution in [3.63, 3.8) is 0 Å². The van der Waals surface area contributed by atoms with E-state index in [1.54, 1.807) is 10.7 Å².